The zero-order chi connectivity index (χ0) is 22.7. The number of sulfonamides is 1. The SMILES string of the molecule is Cn1nc(-c2cccc(Cl)c2)cc1C(=O)Nc1ccc(S(=O)(=O)Nc2ncccn2)cc1. The molecule has 11 heteroatoms. The highest BCUT2D eigenvalue weighted by Gasteiger charge is 2.17. The van der Waals surface area contributed by atoms with E-state index in [9.17, 15) is 13.2 Å². The van der Waals surface area contributed by atoms with E-state index in [0.717, 1.165) is 5.56 Å². The molecule has 0 aliphatic carbocycles. The van der Waals surface area contributed by atoms with Crippen LogP contribution < -0.4 is 10.0 Å². The van der Waals surface area contributed by atoms with Crippen LogP contribution in [0.4, 0.5) is 11.6 Å². The molecule has 0 saturated carbocycles. The van der Waals surface area contributed by atoms with Crippen molar-refractivity contribution in [1.82, 2.24) is 19.7 Å². The molecule has 4 rings (SSSR count). The molecule has 0 bridgehead atoms. The minimum absolute atomic E-state index is 0.00623. The van der Waals surface area contributed by atoms with Crippen LogP contribution in [0, 0.1) is 0 Å². The first-order valence-electron chi connectivity index (χ1n) is 9.33. The molecule has 0 aliphatic heterocycles. The summed E-state index contributed by atoms with van der Waals surface area (Å²) in [6.07, 6.45) is 2.86. The molecule has 0 atom stereocenters. The smallest absolute Gasteiger partial charge is 0.273 e. The molecule has 0 fully saturated rings. The van der Waals surface area contributed by atoms with E-state index < -0.39 is 10.0 Å². The summed E-state index contributed by atoms with van der Waals surface area (Å²) in [6.45, 7) is 0. The standard InChI is InChI=1S/C21H17ClN6O3S/c1-28-19(13-18(26-28)14-4-2-5-15(22)12-14)20(29)25-16-6-8-17(9-7-16)32(30,31)27-21-23-10-3-11-24-21/h2-13H,1H3,(H,25,29)(H,23,24,27). The Balaban J connectivity index is 1.49. The van der Waals surface area contributed by atoms with Crippen LogP contribution in [0.2, 0.25) is 5.02 Å². The summed E-state index contributed by atoms with van der Waals surface area (Å²) in [5.74, 6) is -0.420. The summed E-state index contributed by atoms with van der Waals surface area (Å²) >= 11 is 6.03. The Morgan fingerprint density at radius 2 is 1.72 bits per heavy atom. The fourth-order valence-corrected chi connectivity index (χ4v) is 4.06. The van der Waals surface area contributed by atoms with Crippen molar-refractivity contribution in [2.75, 3.05) is 10.0 Å². The van der Waals surface area contributed by atoms with E-state index in [0.29, 0.717) is 22.1 Å². The van der Waals surface area contributed by atoms with Crippen molar-refractivity contribution in [2.24, 2.45) is 7.05 Å². The molecule has 1 amide bonds. The maximum Gasteiger partial charge on any atom is 0.273 e. The summed E-state index contributed by atoms with van der Waals surface area (Å²) in [5.41, 5.74) is 2.15. The van der Waals surface area contributed by atoms with E-state index in [2.05, 4.69) is 25.1 Å². The molecule has 0 unspecified atom stereocenters. The third-order valence-electron chi connectivity index (χ3n) is 4.45. The highest BCUT2D eigenvalue weighted by atomic mass is 35.5. The van der Waals surface area contributed by atoms with Crippen molar-refractivity contribution >= 4 is 39.2 Å². The Bertz CT molecular complexity index is 1370. The van der Waals surface area contributed by atoms with Gasteiger partial charge in [0.25, 0.3) is 15.9 Å². The van der Waals surface area contributed by atoms with E-state index in [1.807, 2.05) is 6.07 Å². The largest absolute Gasteiger partial charge is 0.321 e. The zero-order valence-corrected chi connectivity index (χ0v) is 18.3. The fraction of sp³-hybridized carbons (Fsp3) is 0.0476. The van der Waals surface area contributed by atoms with Gasteiger partial charge in [0.2, 0.25) is 5.95 Å². The van der Waals surface area contributed by atoms with Gasteiger partial charge in [-0.25, -0.2) is 23.1 Å². The Hall–Kier alpha value is -3.76. The van der Waals surface area contributed by atoms with E-state index >= 15 is 0 Å². The molecule has 0 aliphatic rings. The molecular formula is C21H17ClN6O3S. The number of aromatic nitrogens is 4. The van der Waals surface area contributed by atoms with Gasteiger partial charge >= 0.3 is 0 Å². The first-order valence-corrected chi connectivity index (χ1v) is 11.2. The highest BCUT2D eigenvalue weighted by Crippen LogP contribution is 2.23. The lowest BCUT2D eigenvalue weighted by Crippen LogP contribution is -2.17. The second-order valence-electron chi connectivity index (χ2n) is 6.71. The monoisotopic (exact) mass is 468 g/mol. The number of carbonyl (C=O) groups excluding carboxylic acids is 1. The predicted octanol–water partition coefficient (Wildman–Crippen LogP) is 3.58. The third-order valence-corrected chi connectivity index (χ3v) is 6.03. The van der Waals surface area contributed by atoms with Gasteiger partial charge in [-0.1, -0.05) is 23.7 Å². The average molecular weight is 469 g/mol. The van der Waals surface area contributed by atoms with Gasteiger partial charge in [0.15, 0.2) is 0 Å². The number of rotatable bonds is 6. The number of hydrogen-bond donors (Lipinski definition) is 2. The molecule has 0 saturated heterocycles. The van der Waals surface area contributed by atoms with Gasteiger partial charge in [0.1, 0.15) is 5.69 Å². The lowest BCUT2D eigenvalue weighted by atomic mass is 10.1. The summed E-state index contributed by atoms with van der Waals surface area (Å²) < 4.78 is 28.7. The van der Waals surface area contributed by atoms with Crippen LogP contribution >= 0.6 is 11.6 Å². The maximum absolute atomic E-state index is 12.7. The maximum atomic E-state index is 12.7. The van der Waals surface area contributed by atoms with Crippen molar-refractivity contribution in [3.8, 4) is 11.3 Å². The summed E-state index contributed by atoms with van der Waals surface area (Å²) in [7, 11) is -2.20. The minimum atomic E-state index is -3.86. The van der Waals surface area contributed by atoms with Gasteiger partial charge in [0.05, 0.1) is 10.6 Å². The summed E-state index contributed by atoms with van der Waals surface area (Å²) in [6, 6.07) is 16.2. The van der Waals surface area contributed by atoms with Gasteiger partial charge in [-0.05, 0) is 48.5 Å². The molecule has 0 spiro atoms. The third kappa shape index (κ3) is 4.76. The van der Waals surface area contributed by atoms with Crippen LogP contribution in [0.3, 0.4) is 0 Å². The normalized spacial score (nSPS) is 11.2. The Morgan fingerprint density at radius 3 is 2.41 bits per heavy atom. The second-order valence-corrected chi connectivity index (χ2v) is 8.82. The number of halogens is 1. The van der Waals surface area contributed by atoms with Crippen LogP contribution in [0.15, 0.2) is 78.0 Å². The molecule has 2 N–H and O–H groups in total. The van der Waals surface area contributed by atoms with E-state index in [-0.39, 0.29) is 16.8 Å². The molecule has 4 aromatic rings. The van der Waals surface area contributed by atoms with Crippen LogP contribution in [-0.2, 0) is 17.1 Å². The van der Waals surface area contributed by atoms with Gasteiger partial charge in [-0.2, -0.15) is 5.10 Å². The number of amides is 1. The first kappa shape index (κ1) is 21.5. The van der Waals surface area contributed by atoms with Gasteiger partial charge < -0.3 is 5.32 Å². The van der Waals surface area contributed by atoms with Gasteiger partial charge in [-0.3, -0.25) is 9.48 Å². The molecule has 9 nitrogen and oxygen atoms in total. The molecule has 2 heterocycles. The Labute approximate surface area is 189 Å². The van der Waals surface area contributed by atoms with Crippen molar-refractivity contribution in [3.05, 3.63) is 83.8 Å². The number of carbonyl (C=O) groups is 1. The lowest BCUT2D eigenvalue weighted by Gasteiger charge is -2.08. The van der Waals surface area contributed by atoms with E-state index in [4.69, 9.17) is 11.6 Å². The predicted molar refractivity (Wildman–Crippen MR) is 121 cm³/mol. The summed E-state index contributed by atoms with van der Waals surface area (Å²) in [4.78, 5) is 20.4. The topological polar surface area (TPSA) is 119 Å². The molecule has 32 heavy (non-hydrogen) atoms. The Morgan fingerprint density at radius 1 is 1.00 bits per heavy atom. The van der Waals surface area contributed by atoms with Crippen molar-refractivity contribution in [1.29, 1.82) is 0 Å². The highest BCUT2D eigenvalue weighted by molar-refractivity contribution is 7.92. The second kappa shape index (κ2) is 8.77. The zero-order valence-electron chi connectivity index (χ0n) is 16.7. The number of aryl methyl sites for hydroxylation is 1. The van der Waals surface area contributed by atoms with Crippen molar-refractivity contribution in [3.63, 3.8) is 0 Å². The van der Waals surface area contributed by atoms with Gasteiger partial charge in [-0.15, -0.1) is 0 Å². The number of hydrogen-bond acceptors (Lipinski definition) is 6. The van der Waals surface area contributed by atoms with Crippen LogP contribution in [0.5, 0.6) is 0 Å². The van der Waals surface area contributed by atoms with Crippen LogP contribution in [0.1, 0.15) is 10.5 Å². The molecule has 2 aromatic carbocycles. The average Bonchev–Trinajstić information content (AvgIpc) is 3.16. The van der Waals surface area contributed by atoms with Gasteiger partial charge in [0, 0.05) is 35.7 Å². The van der Waals surface area contributed by atoms with Crippen LogP contribution in [0.25, 0.3) is 11.3 Å². The molecule has 2 aromatic heterocycles. The fourth-order valence-electron chi connectivity index (χ4n) is 2.91. The minimum Gasteiger partial charge on any atom is -0.321 e. The summed E-state index contributed by atoms with van der Waals surface area (Å²) in [5, 5.41) is 7.68. The lowest BCUT2D eigenvalue weighted by molar-refractivity contribution is 0.101. The quantitative estimate of drug-likeness (QED) is 0.446. The Kier molecular flexibility index (Phi) is 5.89. The first-order chi connectivity index (χ1) is 15.3. The van der Waals surface area contributed by atoms with Crippen LogP contribution in [-0.4, -0.2) is 34.1 Å². The molecule has 0 radical (unpaired) electrons. The number of benzene rings is 2. The van der Waals surface area contributed by atoms with Crippen molar-refractivity contribution in [2.45, 2.75) is 4.90 Å². The van der Waals surface area contributed by atoms with Crippen molar-refractivity contribution < 1.29 is 13.2 Å². The molecule has 162 valence electrons. The van der Waals surface area contributed by atoms with E-state index in [1.165, 1.54) is 41.3 Å². The number of anilines is 2. The molecular weight excluding hydrogens is 452 g/mol. The van der Waals surface area contributed by atoms with E-state index in [1.54, 1.807) is 37.4 Å². The number of nitrogens with zero attached hydrogens (tertiary/aromatic N) is 4. The number of nitrogens with one attached hydrogen (secondary N) is 2.